The average Bonchev–Trinajstić information content (AvgIpc) is 3.20. The zero-order valence-electron chi connectivity index (χ0n) is 18.2. The molecule has 8 nitrogen and oxygen atoms in total. The van der Waals surface area contributed by atoms with Crippen molar-refractivity contribution >= 4 is 11.5 Å². The van der Waals surface area contributed by atoms with E-state index in [2.05, 4.69) is 21.3 Å². The summed E-state index contributed by atoms with van der Waals surface area (Å²) in [5, 5.41) is 8.14. The smallest absolute Gasteiger partial charge is 0.256 e. The maximum atomic E-state index is 13.9. The molecule has 1 amide bonds. The van der Waals surface area contributed by atoms with E-state index in [1.807, 2.05) is 11.1 Å². The molecule has 0 N–H and O–H groups in total. The van der Waals surface area contributed by atoms with Crippen molar-refractivity contribution in [1.82, 2.24) is 29.9 Å². The summed E-state index contributed by atoms with van der Waals surface area (Å²) in [6.45, 7) is 1.24. The van der Waals surface area contributed by atoms with Crippen LogP contribution in [0.5, 0.6) is 5.88 Å². The summed E-state index contributed by atoms with van der Waals surface area (Å²) in [4.78, 5) is 25.8. The van der Waals surface area contributed by atoms with E-state index in [4.69, 9.17) is 9.72 Å². The van der Waals surface area contributed by atoms with Gasteiger partial charge in [-0.1, -0.05) is 6.08 Å². The highest BCUT2D eigenvalue weighted by Gasteiger charge is 2.40. The fourth-order valence-electron chi connectivity index (χ4n) is 4.94. The lowest BCUT2D eigenvalue weighted by molar-refractivity contribution is 0.0784. The molecule has 9 heteroatoms. The standard InChI is InChI=1S/C24H23FN6O2/c1-33-23-22(29-20(11-26-23)14-2-3-14)15-8-16-12-30(13-17(16)9-15)24(32)19-5-4-18(25)10-21(19)31-27-6-7-28-31/h4-8,10-11,14,16-17H,2-3,9,12-13H2,1H3. The van der Waals surface area contributed by atoms with Crippen LogP contribution in [0.15, 0.2) is 42.9 Å². The largest absolute Gasteiger partial charge is 0.479 e. The maximum Gasteiger partial charge on any atom is 0.256 e. The average molecular weight is 446 g/mol. The Labute approximate surface area is 190 Å². The number of allylic oxidation sites excluding steroid dienone is 1. The van der Waals surface area contributed by atoms with Gasteiger partial charge in [0, 0.05) is 25.1 Å². The molecular formula is C24H23FN6O2. The molecule has 2 aromatic heterocycles. The summed E-state index contributed by atoms with van der Waals surface area (Å²) < 4.78 is 19.4. The van der Waals surface area contributed by atoms with Crippen LogP contribution in [0.25, 0.3) is 11.3 Å². The Bertz CT molecular complexity index is 1250. The molecule has 6 rings (SSSR count). The quantitative estimate of drug-likeness (QED) is 0.598. The third kappa shape index (κ3) is 3.57. The first-order valence-electron chi connectivity index (χ1n) is 11.2. The van der Waals surface area contributed by atoms with Gasteiger partial charge in [-0.05, 0) is 48.8 Å². The molecular weight excluding hydrogens is 423 g/mol. The van der Waals surface area contributed by atoms with Gasteiger partial charge in [-0.25, -0.2) is 14.4 Å². The summed E-state index contributed by atoms with van der Waals surface area (Å²) in [5.41, 5.74) is 3.75. The number of ether oxygens (including phenoxy) is 1. The van der Waals surface area contributed by atoms with Crippen molar-refractivity contribution in [2.24, 2.45) is 11.8 Å². The highest BCUT2D eigenvalue weighted by Crippen LogP contribution is 2.44. The molecule has 168 valence electrons. The van der Waals surface area contributed by atoms with Gasteiger partial charge in [-0.3, -0.25) is 4.79 Å². The molecule has 1 saturated heterocycles. The molecule has 3 heterocycles. The summed E-state index contributed by atoms with van der Waals surface area (Å²) in [5.74, 6) is 1.05. The molecule has 1 aromatic carbocycles. The van der Waals surface area contributed by atoms with Crippen molar-refractivity contribution in [3.05, 3.63) is 65.6 Å². The van der Waals surface area contributed by atoms with Crippen LogP contribution < -0.4 is 4.74 Å². The van der Waals surface area contributed by atoms with Crippen LogP contribution in [0.4, 0.5) is 4.39 Å². The SMILES string of the molecule is COc1ncc(C2CC2)nc1C1=CC2CN(C(=O)c3ccc(F)cc3-n3nccn3)CC2C1. The third-order valence-corrected chi connectivity index (χ3v) is 6.75. The lowest BCUT2D eigenvalue weighted by atomic mass is 9.99. The fraction of sp³-hybridized carbons (Fsp3) is 0.375. The van der Waals surface area contributed by atoms with E-state index in [1.54, 1.807) is 7.11 Å². The molecule has 0 radical (unpaired) electrons. The predicted molar refractivity (Wildman–Crippen MR) is 117 cm³/mol. The topological polar surface area (TPSA) is 86.0 Å². The number of benzene rings is 1. The number of hydrogen-bond donors (Lipinski definition) is 0. The van der Waals surface area contributed by atoms with Crippen LogP contribution in [-0.2, 0) is 0 Å². The summed E-state index contributed by atoms with van der Waals surface area (Å²) in [7, 11) is 1.62. The number of fused-ring (bicyclic) bond motifs is 1. The van der Waals surface area contributed by atoms with E-state index in [0.717, 1.165) is 23.4 Å². The van der Waals surface area contributed by atoms with Crippen molar-refractivity contribution in [2.75, 3.05) is 20.2 Å². The number of methoxy groups -OCH3 is 1. The monoisotopic (exact) mass is 446 g/mol. The summed E-state index contributed by atoms with van der Waals surface area (Å²) >= 11 is 0. The number of aromatic nitrogens is 5. The second-order valence-corrected chi connectivity index (χ2v) is 8.94. The van der Waals surface area contributed by atoms with Gasteiger partial charge >= 0.3 is 0 Å². The predicted octanol–water partition coefficient (Wildman–Crippen LogP) is 3.26. The van der Waals surface area contributed by atoms with Crippen LogP contribution >= 0.6 is 0 Å². The number of halogens is 1. The van der Waals surface area contributed by atoms with Crippen LogP contribution in [0.3, 0.4) is 0 Å². The summed E-state index contributed by atoms with van der Waals surface area (Å²) in [6.07, 6.45) is 10.2. The number of rotatable bonds is 5. The minimum Gasteiger partial charge on any atom is -0.479 e. The van der Waals surface area contributed by atoms with Gasteiger partial charge in [0.25, 0.3) is 5.91 Å². The molecule has 1 aliphatic heterocycles. The van der Waals surface area contributed by atoms with Gasteiger partial charge < -0.3 is 9.64 Å². The van der Waals surface area contributed by atoms with Crippen molar-refractivity contribution in [3.63, 3.8) is 0 Å². The molecule has 1 saturated carbocycles. The summed E-state index contributed by atoms with van der Waals surface area (Å²) in [6, 6.07) is 4.10. The second kappa shape index (κ2) is 7.75. The zero-order valence-corrected chi connectivity index (χ0v) is 18.2. The molecule has 0 bridgehead atoms. The molecule has 0 spiro atoms. The first-order chi connectivity index (χ1) is 16.1. The van der Waals surface area contributed by atoms with Gasteiger partial charge in [0.1, 0.15) is 17.2 Å². The van der Waals surface area contributed by atoms with Crippen LogP contribution in [0.1, 0.15) is 46.9 Å². The third-order valence-electron chi connectivity index (χ3n) is 6.75. The molecule has 2 unspecified atom stereocenters. The molecule has 3 aliphatic rings. The molecule has 2 aliphatic carbocycles. The highest BCUT2D eigenvalue weighted by molar-refractivity contribution is 5.98. The normalized spacial score (nSPS) is 21.8. The van der Waals surface area contributed by atoms with Crippen molar-refractivity contribution in [1.29, 1.82) is 0 Å². The van der Waals surface area contributed by atoms with E-state index < -0.39 is 5.82 Å². The van der Waals surface area contributed by atoms with E-state index in [-0.39, 0.29) is 11.8 Å². The van der Waals surface area contributed by atoms with Gasteiger partial charge in [0.15, 0.2) is 0 Å². The Hall–Kier alpha value is -3.62. The molecule has 3 aromatic rings. The number of amides is 1. The lowest BCUT2D eigenvalue weighted by Gasteiger charge is -2.19. The maximum absolute atomic E-state index is 13.9. The zero-order chi connectivity index (χ0) is 22.5. The van der Waals surface area contributed by atoms with Crippen LogP contribution in [0.2, 0.25) is 0 Å². The van der Waals surface area contributed by atoms with Crippen molar-refractivity contribution in [3.8, 4) is 11.6 Å². The second-order valence-electron chi connectivity index (χ2n) is 8.94. The molecule has 33 heavy (non-hydrogen) atoms. The highest BCUT2D eigenvalue weighted by atomic mass is 19.1. The first kappa shape index (κ1) is 20.0. The van der Waals surface area contributed by atoms with Crippen molar-refractivity contribution in [2.45, 2.75) is 25.2 Å². The Morgan fingerprint density at radius 1 is 1.18 bits per heavy atom. The van der Waals surface area contributed by atoms with Gasteiger partial charge in [0.2, 0.25) is 5.88 Å². The number of nitrogens with zero attached hydrogens (tertiary/aromatic N) is 6. The van der Waals surface area contributed by atoms with Gasteiger partial charge in [0.05, 0.1) is 37.0 Å². The number of carbonyl (C=O) groups is 1. The Kier molecular flexibility index (Phi) is 4.70. The minimum atomic E-state index is -0.437. The van der Waals surface area contributed by atoms with Crippen LogP contribution in [0, 0.1) is 17.7 Å². The number of hydrogen-bond acceptors (Lipinski definition) is 6. The fourth-order valence-corrected chi connectivity index (χ4v) is 4.94. The van der Waals surface area contributed by atoms with E-state index >= 15 is 0 Å². The Morgan fingerprint density at radius 3 is 2.73 bits per heavy atom. The van der Waals surface area contributed by atoms with E-state index in [9.17, 15) is 9.18 Å². The van der Waals surface area contributed by atoms with Crippen molar-refractivity contribution < 1.29 is 13.9 Å². The molecule has 2 atom stereocenters. The Morgan fingerprint density at radius 2 is 2.00 bits per heavy atom. The van der Waals surface area contributed by atoms with Crippen LogP contribution in [-0.4, -0.2) is 56.0 Å². The number of carbonyl (C=O) groups excluding carboxylic acids is 1. The first-order valence-corrected chi connectivity index (χ1v) is 11.2. The Balaban J connectivity index is 1.24. The minimum absolute atomic E-state index is 0.139. The molecule has 2 fully saturated rings. The van der Waals surface area contributed by atoms with E-state index in [1.165, 1.54) is 48.2 Å². The van der Waals surface area contributed by atoms with Gasteiger partial charge in [-0.2, -0.15) is 15.0 Å². The number of likely N-dealkylation sites (tertiary alicyclic amines) is 1. The lowest BCUT2D eigenvalue weighted by Crippen LogP contribution is -2.30. The van der Waals surface area contributed by atoms with Gasteiger partial charge in [-0.15, -0.1) is 0 Å². The van der Waals surface area contributed by atoms with E-state index in [0.29, 0.717) is 42.1 Å².